The van der Waals surface area contributed by atoms with Crippen LogP contribution in [0.3, 0.4) is 0 Å². The molecule has 2 aromatic carbocycles. The molecule has 0 heterocycles. The van der Waals surface area contributed by atoms with Crippen molar-refractivity contribution in [3.63, 3.8) is 0 Å². The van der Waals surface area contributed by atoms with E-state index in [1.54, 1.807) is 22.3 Å². The second-order valence-corrected chi connectivity index (χ2v) is 12.3. The molecule has 1 fully saturated rings. The van der Waals surface area contributed by atoms with Gasteiger partial charge in [-0.1, -0.05) is 59.3 Å². The molecule has 3 aliphatic rings. The first-order valence-electron chi connectivity index (χ1n) is 12.1. The van der Waals surface area contributed by atoms with Crippen LogP contribution in [0, 0.1) is 0 Å². The SMILES string of the molecule is COc1c(C(C)(C)C)cc(-c2c3c(cc4c2C2CCC4C2)C=C(C)C3)cc1C(C)(C)C. The number of methoxy groups -OCH3 is 1. The van der Waals surface area contributed by atoms with E-state index < -0.39 is 0 Å². The maximum Gasteiger partial charge on any atom is 0.126 e. The van der Waals surface area contributed by atoms with E-state index in [2.05, 4.69) is 72.7 Å². The number of allylic oxidation sites excluding steroid dienone is 1. The van der Waals surface area contributed by atoms with Crippen molar-refractivity contribution in [1.82, 2.24) is 0 Å². The Hall–Kier alpha value is -2.02. The molecule has 0 amide bonds. The van der Waals surface area contributed by atoms with Crippen LogP contribution in [0.25, 0.3) is 17.2 Å². The van der Waals surface area contributed by atoms with Crippen molar-refractivity contribution in [2.45, 2.75) is 96.8 Å². The first-order chi connectivity index (χ1) is 14.5. The number of ether oxygens (including phenoxy) is 1. The number of benzene rings is 2. The standard InChI is InChI=1S/C30H38O/c1-17-11-20-14-23-18-9-10-19(13-18)26(23)27(22(20)12-17)21-15-24(29(2,3)4)28(31-8)25(16-21)30(5,6)7/h11,14-16,18-19H,9-10,12-13H2,1-8H3. The fourth-order valence-corrected chi connectivity index (χ4v) is 6.44. The van der Waals surface area contributed by atoms with Gasteiger partial charge in [0.1, 0.15) is 5.75 Å². The third kappa shape index (κ3) is 3.19. The quantitative estimate of drug-likeness (QED) is 0.480. The maximum atomic E-state index is 6.06. The Kier molecular flexibility index (Phi) is 4.53. The minimum absolute atomic E-state index is 0.0235. The van der Waals surface area contributed by atoms with Crippen molar-refractivity contribution in [2.75, 3.05) is 7.11 Å². The Morgan fingerprint density at radius 1 is 0.871 bits per heavy atom. The summed E-state index contributed by atoms with van der Waals surface area (Å²) in [5.74, 6) is 2.60. The molecule has 2 unspecified atom stereocenters. The van der Waals surface area contributed by atoms with E-state index in [1.807, 2.05) is 7.11 Å². The summed E-state index contributed by atoms with van der Waals surface area (Å²) < 4.78 is 6.06. The van der Waals surface area contributed by atoms with Crippen LogP contribution in [-0.2, 0) is 17.3 Å². The Morgan fingerprint density at radius 2 is 1.48 bits per heavy atom. The van der Waals surface area contributed by atoms with Crippen LogP contribution in [0.15, 0.2) is 23.8 Å². The minimum atomic E-state index is 0.0235. The zero-order chi connectivity index (χ0) is 22.3. The van der Waals surface area contributed by atoms with Gasteiger partial charge in [0.25, 0.3) is 0 Å². The molecule has 1 heteroatoms. The fourth-order valence-electron chi connectivity index (χ4n) is 6.44. The second-order valence-electron chi connectivity index (χ2n) is 12.3. The van der Waals surface area contributed by atoms with Crippen LogP contribution in [0.4, 0.5) is 0 Å². The third-order valence-electron chi connectivity index (χ3n) is 7.88. The van der Waals surface area contributed by atoms with Gasteiger partial charge in [-0.3, -0.25) is 0 Å². The predicted octanol–water partition coefficient (Wildman–Crippen LogP) is 8.28. The van der Waals surface area contributed by atoms with E-state index in [9.17, 15) is 0 Å². The van der Waals surface area contributed by atoms with Gasteiger partial charge in [-0.25, -0.2) is 0 Å². The van der Waals surface area contributed by atoms with Crippen LogP contribution < -0.4 is 4.74 Å². The first kappa shape index (κ1) is 20.9. The number of hydrogen-bond acceptors (Lipinski definition) is 1. The lowest BCUT2D eigenvalue weighted by Crippen LogP contribution is -2.19. The van der Waals surface area contributed by atoms with Crippen molar-refractivity contribution in [3.8, 4) is 16.9 Å². The van der Waals surface area contributed by atoms with Gasteiger partial charge in [-0.05, 0) is 101 Å². The molecule has 0 aromatic heterocycles. The van der Waals surface area contributed by atoms with Crippen LogP contribution in [0.5, 0.6) is 5.75 Å². The predicted molar refractivity (Wildman–Crippen MR) is 133 cm³/mol. The molecule has 0 saturated heterocycles. The summed E-state index contributed by atoms with van der Waals surface area (Å²) in [5, 5.41) is 0. The van der Waals surface area contributed by atoms with Crippen molar-refractivity contribution in [2.24, 2.45) is 0 Å². The Bertz CT molecular complexity index is 1070. The average molecular weight is 415 g/mol. The van der Waals surface area contributed by atoms with Crippen LogP contribution in [-0.4, -0.2) is 7.11 Å². The van der Waals surface area contributed by atoms with Gasteiger partial charge < -0.3 is 4.74 Å². The molecule has 164 valence electrons. The molecule has 0 spiro atoms. The minimum Gasteiger partial charge on any atom is -0.496 e. The molecule has 31 heavy (non-hydrogen) atoms. The van der Waals surface area contributed by atoms with Gasteiger partial charge in [0.15, 0.2) is 0 Å². The fraction of sp³-hybridized carbons (Fsp3) is 0.533. The highest BCUT2D eigenvalue weighted by Crippen LogP contribution is 2.58. The molecule has 2 atom stereocenters. The molecular formula is C30H38O. The lowest BCUT2D eigenvalue weighted by Gasteiger charge is -2.31. The van der Waals surface area contributed by atoms with E-state index in [0.717, 1.165) is 24.0 Å². The average Bonchev–Trinajstić information content (AvgIpc) is 3.37. The molecule has 0 aliphatic heterocycles. The van der Waals surface area contributed by atoms with E-state index in [-0.39, 0.29) is 10.8 Å². The highest BCUT2D eigenvalue weighted by molar-refractivity contribution is 5.84. The Labute approximate surface area is 188 Å². The van der Waals surface area contributed by atoms with Gasteiger partial charge >= 0.3 is 0 Å². The number of fused-ring (bicyclic) bond motifs is 6. The highest BCUT2D eigenvalue weighted by atomic mass is 16.5. The maximum absolute atomic E-state index is 6.06. The summed E-state index contributed by atoms with van der Waals surface area (Å²) in [7, 11) is 1.84. The molecule has 0 radical (unpaired) electrons. The van der Waals surface area contributed by atoms with Crippen molar-refractivity contribution < 1.29 is 4.74 Å². The lowest BCUT2D eigenvalue weighted by molar-refractivity contribution is 0.381. The van der Waals surface area contributed by atoms with E-state index in [1.165, 1.54) is 47.1 Å². The van der Waals surface area contributed by atoms with Gasteiger partial charge in [0.2, 0.25) is 0 Å². The molecule has 2 bridgehead atoms. The summed E-state index contributed by atoms with van der Waals surface area (Å²) in [5.41, 5.74) is 13.6. The smallest absolute Gasteiger partial charge is 0.126 e. The summed E-state index contributed by atoms with van der Waals surface area (Å²) >= 11 is 0. The van der Waals surface area contributed by atoms with Gasteiger partial charge in [0, 0.05) is 11.1 Å². The highest BCUT2D eigenvalue weighted by Gasteiger charge is 2.41. The normalized spacial score (nSPS) is 21.9. The lowest BCUT2D eigenvalue weighted by atomic mass is 9.75. The Balaban J connectivity index is 1.85. The van der Waals surface area contributed by atoms with Crippen LogP contribution in [0.1, 0.15) is 113 Å². The van der Waals surface area contributed by atoms with Crippen molar-refractivity contribution >= 4 is 6.08 Å². The number of rotatable bonds is 2. The topological polar surface area (TPSA) is 9.23 Å². The summed E-state index contributed by atoms with van der Waals surface area (Å²) in [6.07, 6.45) is 7.63. The Morgan fingerprint density at radius 3 is 2.06 bits per heavy atom. The van der Waals surface area contributed by atoms with Crippen molar-refractivity contribution in [1.29, 1.82) is 0 Å². The van der Waals surface area contributed by atoms with Crippen molar-refractivity contribution in [3.05, 3.63) is 57.2 Å². The summed E-state index contributed by atoms with van der Waals surface area (Å²) in [6, 6.07) is 7.47. The molecule has 1 saturated carbocycles. The molecule has 0 N–H and O–H groups in total. The molecule has 1 nitrogen and oxygen atoms in total. The van der Waals surface area contributed by atoms with Gasteiger partial charge in [-0.2, -0.15) is 0 Å². The first-order valence-corrected chi connectivity index (χ1v) is 12.1. The van der Waals surface area contributed by atoms with E-state index in [4.69, 9.17) is 4.74 Å². The molecule has 3 aliphatic carbocycles. The third-order valence-corrected chi connectivity index (χ3v) is 7.88. The zero-order valence-electron chi connectivity index (χ0n) is 20.7. The zero-order valence-corrected chi connectivity index (χ0v) is 20.7. The molecule has 2 aromatic rings. The van der Waals surface area contributed by atoms with E-state index >= 15 is 0 Å². The van der Waals surface area contributed by atoms with Crippen LogP contribution >= 0.6 is 0 Å². The second kappa shape index (κ2) is 6.74. The largest absolute Gasteiger partial charge is 0.496 e. The molecule has 5 rings (SSSR count). The van der Waals surface area contributed by atoms with Gasteiger partial charge in [-0.15, -0.1) is 0 Å². The van der Waals surface area contributed by atoms with Gasteiger partial charge in [0.05, 0.1) is 7.11 Å². The summed E-state index contributed by atoms with van der Waals surface area (Å²) in [4.78, 5) is 0. The van der Waals surface area contributed by atoms with Crippen LogP contribution in [0.2, 0.25) is 0 Å². The van der Waals surface area contributed by atoms with E-state index in [0.29, 0.717) is 0 Å². The number of hydrogen-bond donors (Lipinski definition) is 0. The molecular weight excluding hydrogens is 376 g/mol. The summed E-state index contributed by atoms with van der Waals surface area (Å²) in [6.45, 7) is 16.2. The monoisotopic (exact) mass is 414 g/mol.